The second-order valence-electron chi connectivity index (χ2n) is 3.53. The molecular weight excluding hydrogens is 199 g/mol. The molecule has 0 spiro atoms. The first kappa shape index (κ1) is 14.3. The normalized spacial score (nSPS) is 13.1. The summed E-state index contributed by atoms with van der Waals surface area (Å²) in [5.41, 5.74) is 0. The Morgan fingerprint density at radius 1 is 0.929 bits per heavy atom. The number of hydrogen-bond donors (Lipinski definition) is 0. The average molecular weight is 224 g/mol. The molecule has 88 valence electrons. The minimum absolute atomic E-state index is 0.758. The first-order chi connectivity index (χ1) is 6.68. The molecular formula is C10H25O3P. The molecule has 0 fully saturated rings. The quantitative estimate of drug-likeness (QED) is 0.444. The van der Waals surface area contributed by atoms with Gasteiger partial charge in [0, 0.05) is 0 Å². The van der Waals surface area contributed by atoms with Crippen LogP contribution >= 0.6 is 7.94 Å². The summed E-state index contributed by atoms with van der Waals surface area (Å²) in [5.74, 6) is 0. The fraction of sp³-hybridized carbons (Fsp3) is 1.00. The zero-order valence-corrected chi connectivity index (χ0v) is 11.0. The molecule has 0 saturated heterocycles. The summed E-state index contributed by atoms with van der Waals surface area (Å²) >= 11 is 0. The predicted molar refractivity (Wildman–Crippen MR) is 63.0 cm³/mol. The van der Waals surface area contributed by atoms with Crippen LogP contribution in [0.3, 0.4) is 0 Å². The van der Waals surface area contributed by atoms with Gasteiger partial charge in [-0.05, 0) is 0 Å². The van der Waals surface area contributed by atoms with Crippen molar-refractivity contribution in [3.05, 3.63) is 0 Å². The van der Waals surface area contributed by atoms with Gasteiger partial charge in [-0.15, -0.1) is 0 Å². The van der Waals surface area contributed by atoms with Crippen molar-refractivity contribution in [3.8, 4) is 0 Å². The Labute approximate surface area is 88.7 Å². The van der Waals surface area contributed by atoms with Gasteiger partial charge in [-0.3, -0.25) is 0 Å². The van der Waals surface area contributed by atoms with Gasteiger partial charge in [0.1, 0.15) is 0 Å². The summed E-state index contributed by atoms with van der Waals surface area (Å²) in [7, 11) is 1.03. The molecule has 0 aliphatic carbocycles. The molecule has 0 N–H and O–H groups in total. The number of rotatable bonds is 9. The van der Waals surface area contributed by atoms with Crippen LogP contribution in [0.2, 0.25) is 0 Å². The molecule has 0 radical (unpaired) electrons. The van der Waals surface area contributed by atoms with Crippen LogP contribution in [0.1, 0.15) is 39.0 Å². The summed E-state index contributed by atoms with van der Waals surface area (Å²) in [6, 6.07) is 0. The van der Waals surface area contributed by atoms with E-state index in [-0.39, 0.29) is 0 Å². The zero-order valence-electron chi connectivity index (χ0n) is 9.97. The van der Waals surface area contributed by atoms with Crippen molar-refractivity contribution in [2.24, 2.45) is 0 Å². The Morgan fingerprint density at radius 2 is 1.50 bits per heavy atom. The van der Waals surface area contributed by atoms with Crippen molar-refractivity contribution < 1.29 is 13.6 Å². The van der Waals surface area contributed by atoms with E-state index in [4.69, 9.17) is 13.6 Å². The summed E-state index contributed by atoms with van der Waals surface area (Å²) < 4.78 is 16.0. The van der Waals surface area contributed by atoms with Crippen LogP contribution < -0.4 is 0 Å². The molecule has 14 heavy (non-hydrogen) atoms. The molecule has 0 heterocycles. The third-order valence-corrected chi connectivity index (χ3v) is 4.57. The van der Waals surface area contributed by atoms with Gasteiger partial charge in [-0.2, -0.15) is 0 Å². The molecule has 0 atom stereocenters. The van der Waals surface area contributed by atoms with Gasteiger partial charge in [-0.25, -0.2) is 0 Å². The molecule has 3 nitrogen and oxygen atoms in total. The molecule has 0 rings (SSSR count). The minimum atomic E-state index is -2.27. The van der Waals surface area contributed by atoms with Crippen molar-refractivity contribution in [1.82, 2.24) is 0 Å². The summed E-state index contributed by atoms with van der Waals surface area (Å²) in [6.07, 6.45) is 6.26. The Morgan fingerprint density at radius 3 is 2.00 bits per heavy atom. The van der Waals surface area contributed by atoms with Crippen LogP contribution in [0.15, 0.2) is 0 Å². The van der Waals surface area contributed by atoms with Gasteiger partial charge in [0.05, 0.1) is 0 Å². The first-order valence-corrected chi connectivity index (χ1v) is 7.65. The molecule has 0 aliphatic heterocycles. The molecule has 4 heteroatoms. The van der Waals surface area contributed by atoms with Crippen LogP contribution in [0.4, 0.5) is 0 Å². The third kappa shape index (κ3) is 6.72. The molecule has 0 aromatic carbocycles. The SMILES string of the molecule is CCCCCCCO[PH](C)(OC)OC. The maximum absolute atomic E-state index is 5.60. The van der Waals surface area contributed by atoms with E-state index in [1.54, 1.807) is 14.2 Å². The summed E-state index contributed by atoms with van der Waals surface area (Å²) in [6.45, 7) is 4.89. The second-order valence-corrected chi connectivity index (χ2v) is 6.36. The second kappa shape index (κ2) is 8.60. The first-order valence-electron chi connectivity index (χ1n) is 5.42. The van der Waals surface area contributed by atoms with Gasteiger partial charge in [0.2, 0.25) is 0 Å². The van der Waals surface area contributed by atoms with Crippen LogP contribution in [-0.2, 0) is 13.6 Å². The third-order valence-electron chi connectivity index (χ3n) is 2.35. The topological polar surface area (TPSA) is 27.7 Å². The zero-order chi connectivity index (χ0) is 10.9. The predicted octanol–water partition coefficient (Wildman–Crippen LogP) is 3.39. The van der Waals surface area contributed by atoms with Crippen molar-refractivity contribution in [3.63, 3.8) is 0 Å². The molecule has 0 aliphatic rings. The maximum atomic E-state index is 5.60. The molecule has 0 unspecified atom stereocenters. The van der Waals surface area contributed by atoms with Gasteiger partial charge >= 0.3 is 88.0 Å². The van der Waals surface area contributed by atoms with E-state index in [1.807, 2.05) is 6.66 Å². The Hall–Kier alpha value is 0.310. The molecule has 0 bridgehead atoms. The number of hydrogen-bond acceptors (Lipinski definition) is 3. The Bertz CT molecular complexity index is 127. The fourth-order valence-electron chi connectivity index (χ4n) is 1.16. The van der Waals surface area contributed by atoms with E-state index in [2.05, 4.69) is 6.92 Å². The van der Waals surface area contributed by atoms with Crippen molar-refractivity contribution >= 4 is 7.94 Å². The van der Waals surface area contributed by atoms with E-state index >= 15 is 0 Å². The van der Waals surface area contributed by atoms with Gasteiger partial charge < -0.3 is 0 Å². The van der Waals surface area contributed by atoms with Crippen molar-refractivity contribution in [2.45, 2.75) is 39.0 Å². The molecule has 0 amide bonds. The van der Waals surface area contributed by atoms with E-state index in [1.165, 1.54) is 25.7 Å². The number of unbranched alkanes of at least 4 members (excludes halogenated alkanes) is 4. The average Bonchev–Trinajstić information content (AvgIpc) is 2.23. The standard InChI is InChI=1S/C10H25O3P/c1-5-6-7-8-9-10-13-14(4,11-2)12-3/h14H,5-10H2,1-4H3. The van der Waals surface area contributed by atoms with Crippen molar-refractivity contribution in [1.29, 1.82) is 0 Å². The molecule has 0 aromatic heterocycles. The Kier molecular flexibility index (Phi) is 8.80. The van der Waals surface area contributed by atoms with Gasteiger partial charge in [0.15, 0.2) is 0 Å². The van der Waals surface area contributed by atoms with E-state index in [9.17, 15) is 0 Å². The Balaban J connectivity index is 3.34. The van der Waals surface area contributed by atoms with Gasteiger partial charge in [0.25, 0.3) is 0 Å². The van der Waals surface area contributed by atoms with Gasteiger partial charge in [-0.1, -0.05) is 0 Å². The van der Waals surface area contributed by atoms with E-state index in [0.717, 1.165) is 13.0 Å². The van der Waals surface area contributed by atoms with Crippen LogP contribution in [0.5, 0.6) is 0 Å². The monoisotopic (exact) mass is 224 g/mol. The van der Waals surface area contributed by atoms with Crippen LogP contribution in [-0.4, -0.2) is 27.5 Å². The van der Waals surface area contributed by atoms with E-state index < -0.39 is 7.94 Å². The van der Waals surface area contributed by atoms with Crippen LogP contribution in [0.25, 0.3) is 0 Å². The summed E-state index contributed by atoms with van der Waals surface area (Å²) in [4.78, 5) is 0. The van der Waals surface area contributed by atoms with E-state index in [0.29, 0.717) is 0 Å². The van der Waals surface area contributed by atoms with Crippen LogP contribution in [0, 0.1) is 0 Å². The molecule has 0 aromatic rings. The van der Waals surface area contributed by atoms with Crippen molar-refractivity contribution in [2.75, 3.05) is 27.5 Å². The summed E-state index contributed by atoms with van der Waals surface area (Å²) in [5, 5.41) is 0. The molecule has 0 saturated carbocycles. The fourth-order valence-corrected chi connectivity index (χ4v) is 2.08.